The maximum Gasteiger partial charge on any atom is 0.258 e. The number of amides is 1. The van der Waals surface area contributed by atoms with Crippen LogP contribution in [0.25, 0.3) is 0 Å². The zero-order chi connectivity index (χ0) is 15.1. The predicted octanol–water partition coefficient (Wildman–Crippen LogP) is 1.22. The number of carbonyl (C=O) groups excluding carboxylic acids is 1. The van der Waals surface area contributed by atoms with Crippen molar-refractivity contribution in [2.24, 2.45) is 0 Å². The van der Waals surface area contributed by atoms with Gasteiger partial charge in [-0.3, -0.25) is 4.79 Å². The number of hydrogen-bond donors (Lipinski definition) is 2. The lowest BCUT2D eigenvalue weighted by molar-refractivity contribution is 0.0476. The van der Waals surface area contributed by atoms with Crippen molar-refractivity contribution in [2.75, 3.05) is 34.0 Å². The summed E-state index contributed by atoms with van der Waals surface area (Å²) in [5, 5.41) is 19.3. The van der Waals surface area contributed by atoms with Gasteiger partial charge in [-0.15, -0.1) is 0 Å². The minimum absolute atomic E-state index is 0.0593. The first-order valence-electron chi connectivity index (χ1n) is 6.32. The number of benzene rings is 1. The Morgan fingerprint density at radius 1 is 1.30 bits per heavy atom. The molecule has 0 heterocycles. The number of para-hydroxylation sites is 1. The molecule has 0 aliphatic rings. The topological polar surface area (TPSA) is 79.2 Å². The lowest BCUT2D eigenvalue weighted by atomic mass is 10.1. The predicted molar refractivity (Wildman–Crippen MR) is 74.0 cm³/mol. The van der Waals surface area contributed by atoms with Gasteiger partial charge in [-0.25, -0.2) is 0 Å². The number of phenolic OH excluding ortho intramolecular Hbond substituents is 2. The fourth-order valence-corrected chi connectivity index (χ4v) is 1.90. The van der Waals surface area contributed by atoms with E-state index in [2.05, 4.69) is 0 Å². The third-order valence-corrected chi connectivity index (χ3v) is 2.98. The SMILES string of the molecule is COCCN(C(=O)c1cccc(O)c1O)C(C)COC. The van der Waals surface area contributed by atoms with Gasteiger partial charge in [-0.05, 0) is 19.1 Å². The Balaban J connectivity index is 2.99. The second kappa shape index (κ2) is 7.72. The molecule has 6 heteroatoms. The molecule has 0 aliphatic carbocycles. The van der Waals surface area contributed by atoms with Gasteiger partial charge in [0.25, 0.3) is 5.91 Å². The average molecular weight is 283 g/mol. The molecule has 0 saturated heterocycles. The second-order valence-electron chi connectivity index (χ2n) is 4.47. The molecule has 0 spiro atoms. The van der Waals surface area contributed by atoms with Crippen LogP contribution in [0.2, 0.25) is 0 Å². The molecule has 0 fully saturated rings. The van der Waals surface area contributed by atoms with Crippen LogP contribution in [0, 0.1) is 0 Å². The van der Waals surface area contributed by atoms with E-state index >= 15 is 0 Å². The van der Waals surface area contributed by atoms with Crippen molar-refractivity contribution >= 4 is 5.91 Å². The van der Waals surface area contributed by atoms with Crippen LogP contribution in [0.4, 0.5) is 0 Å². The van der Waals surface area contributed by atoms with Crippen molar-refractivity contribution in [1.29, 1.82) is 0 Å². The summed E-state index contributed by atoms with van der Waals surface area (Å²) in [6.45, 7) is 2.96. The van der Waals surface area contributed by atoms with Gasteiger partial charge >= 0.3 is 0 Å². The highest BCUT2D eigenvalue weighted by Crippen LogP contribution is 2.29. The fourth-order valence-electron chi connectivity index (χ4n) is 1.90. The van der Waals surface area contributed by atoms with E-state index in [1.54, 1.807) is 19.1 Å². The molecular weight excluding hydrogens is 262 g/mol. The molecule has 1 amide bonds. The molecule has 20 heavy (non-hydrogen) atoms. The Kier molecular flexibility index (Phi) is 6.27. The number of rotatable bonds is 7. The van der Waals surface area contributed by atoms with Crippen LogP contribution < -0.4 is 0 Å². The summed E-state index contributed by atoms with van der Waals surface area (Å²) in [5.41, 5.74) is 0.0593. The van der Waals surface area contributed by atoms with Crippen LogP contribution in [-0.2, 0) is 9.47 Å². The van der Waals surface area contributed by atoms with Gasteiger partial charge in [0.2, 0.25) is 0 Å². The van der Waals surface area contributed by atoms with Gasteiger partial charge in [0.1, 0.15) is 0 Å². The first-order valence-corrected chi connectivity index (χ1v) is 6.32. The van der Waals surface area contributed by atoms with Crippen LogP contribution in [0.15, 0.2) is 18.2 Å². The van der Waals surface area contributed by atoms with E-state index in [-0.39, 0.29) is 23.3 Å². The lowest BCUT2D eigenvalue weighted by Gasteiger charge is -2.29. The Hall–Kier alpha value is -1.79. The van der Waals surface area contributed by atoms with E-state index < -0.39 is 5.75 Å². The molecule has 1 aromatic rings. The number of phenols is 2. The molecule has 0 saturated carbocycles. The molecule has 1 unspecified atom stereocenters. The molecule has 1 aromatic carbocycles. The maximum absolute atomic E-state index is 12.5. The molecule has 1 rings (SSSR count). The molecule has 2 N–H and O–H groups in total. The number of ether oxygens (including phenoxy) is 2. The van der Waals surface area contributed by atoms with Crippen molar-refractivity contribution in [2.45, 2.75) is 13.0 Å². The molecule has 0 bridgehead atoms. The van der Waals surface area contributed by atoms with Crippen LogP contribution >= 0.6 is 0 Å². The van der Waals surface area contributed by atoms with Crippen molar-refractivity contribution in [3.8, 4) is 11.5 Å². The lowest BCUT2D eigenvalue weighted by Crippen LogP contribution is -2.43. The van der Waals surface area contributed by atoms with Gasteiger partial charge in [-0.1, -0.05) is 6.07 Å². The molecular formula is C14H21NO5. The van der Waals surface area contributed by atoms with Gasteiger partial charge < -0.3 is 24.6 Å². The van der Waals surface area contributed by atoms with Crippen molar-refractivity contribution in [1.82, 2.24) is 4.90 Å². The van der Waals surface area contributed by atoms with E-state index in [1.807, 2.05) is 6.92 Å². The standard InChI is InChI=1S/C14H21NO5/c1-10(9-20-3)15(7-8-19-2)14(18)11-5-4-6-12(16)13(11)17/h4-6,10,16-17H,7-9H2,1-3H3. The van der Waals surface area contributed by atoms with E-state index in [4.69, 9.17) is 9.47 Å². The molecule has 1 atom stereocenters. The summed E-state index contributed by atoms with van der Waals surface area (Å²) in [6, 6.07) is 4.13. The van der Waals surface area contributed by atoms with Crippen molar-refractivity contribution in [3.63, 3.8) is 0 Å². The van der Waals surface area contributed by atoms with Gasteiger partial charge in [0.05, 0.1) is 24.8 Å². The quantitative estimate of drug-likeness (QED) is 0.736. The zero-order valence-electron chi connectivity index (χ0n) is 12.0. The van der Waals surface area contributed by atoms with Crippen LogP contribution in [-0.4, -0.2) is 61.0 Å². The zero-order valence-corrected chi connectivity index (χ0v) is 12.0. The Bertz CT molecular complexity index is 449. The van der Waals surface area contributed by atoms with Crippen molar-refractivity contribution in [3.05, 3.63) is 23.8 Å². The fraction of sp³-hybridized carbons (Fsp3) is 0.500. The van der Waals surface area contributed by atoms with Crippen LogP contribution in [0.5, 0.6) is 11.5 Å². The third-order valence-electron chi connectivity index (χ3n) is 2.98. The summed E-state index contributed by atoms with van der Waals surface area (Å²) < 4.78 is 10.1. The van der Waals surface area contributed by atoms with Gasteiger partial charge in [0, 0.05) is 20.8 Å². The highest BCUT2D eigenvalue weighted by Gasteiger charge is 2.24. The first-order chi connectivity index (χ1) is 9.52. The highest BCUT2D eigenvalue weighted by atomic mass is 16.5. The molecule has 0 radical (unpaired) electrons. The largest absolute Gasteiger partial charge is 0.504 e. The minimum atomic E-state index is -0.412. The average Bonchev–Trinajstić information content (AvgIpc) is 2.42. The Morgan fingerprint density at radius 2 is 2.00 bits per heavy atom. The number of carbonyl (C=O) groups is 1. The second-order valence-corrected chi connectivity index (χ2v) is 4.47. The third kappa shape index (κ3) is 3.85. The molecule has 0 aromatic heterocycles. The van der Waals surface area contributed by atoms with Crippen molar-refractivity contribution < 1.29 is 24.5 Å². The Labute approximate surface area is 118 Å². The number of aromatic hydroxyl groups is 2. The summed E-state index contributed by atoms with van der Waals surface area (Å²) in [5.74, 6) is -1.11. The monoisotopic (exact) mass is 283 g/mol. The smallest absolute Gasteiger partial charge is 0.258 e. The number of nitrogens with zero attached hydrogens (tertiary/aromatic N) is 1. The summed E-state index contributed by atoms with van der Waals surface area (Å²) in [4.78, 5) is 14.0. The number of methoxy groups -OCH3 is 2. The summed E-state index contributed by atoms with van der Waals surface area (Å²) >= 11 is 0. The van der Waals surface area contributed by atoms with E-state index in [9.17, 15) is 15.0 Å². The highest BCUT2D eigenvalue weighted by molar-refractivity contribution is 5.97. The van der Waals surface area contributed by atoms with Gasteiger partial charge in [-0.2, -0.15) is 0 Å². The van der Waals surface area contributed by atoms with E-state index in [0.717, 1.165) is 0 Å². The normalized spacial score (nSPS) is 12.2. The van der Waals surface area contributed by atoms with Gasteiger partial charge in [0.15, 0.2) is 11.5 Å². The maximum atomic E-state index is 12.5. The van der Waals surface area contributed by atoms with Crippen LogP contribution in [0.3, 0.4) is 0 Å². The molecule has 0 aliphatic heterocycles. The van der Waals surface area contributed by atoms with Crippen LogP contribution in [0.1, 0.15) is 17.3 Å². The summed E-state index contributed by atoms with van der Waals surface area (Å²) in [6.07, 6.45) is 0. The van der Waals surface area contributed by atoms with E-state index in [1.165, 1.54) is 18.2 Å². The number of hydrogen-bond acceptors (Lipinski definition) is 5. The molecule has 112 valence electrons. The minimum Gasteiger partial charge on any atom is -0.504 e. The first kappa shape index (κ1) is 16.3. The van der Waals surface area contributed by atoms with E-state index in [0.29, 0.717) is 19.8 Å². The Morgan fingerprint density at radius 3 is 2.60 bits per heavy atom. The molecule has 6 nitrogen and oxygen atoms in total. The summed E-state index contributed by atoms with van der Waals surface area (Å²) in [7, 11) is 3.11.